The number of nitrogens with zero attached hydrogens (tertiary/aromatic N) is 2. The lowest BCUT2D eigenvalue weighted by molar-refractivity contribution is 0.112. The predicted octanol–water partition coefficient (Wildman–Crippen LogP) is 2.30. The molecular weight excluding hydrogens is 254 g/mol. The molecule has 2 N–H and O–H groups in total. The molecule has 0 fully saturated rings. The van der Waals surface area contributed by atoms with Crippen LogP contribution in [0.3, 0.4) is 0 Å². The molecule has 0 bridgehead atoms. The number of aromatic nitrogens is 2. The molecule has 0 spiro atoms. The molecule has 0 aliphatic rings. The van der Waals surface area contributed by atoms with Gasteiger partial charge in [-0.1, -0.05) is 30.9 Å². The highest BCUT2D eigenvalue weighted by Crippen LogP contribution is 2.17. The fourth-order valence-electron chi connectivity index (χ4n) is 1.59. The zero-order valence-electron chi connectivity index (χ0n) is 10.2. The maximum absolute atomic E-state index is 10.8. The summed E-state index contributed by atoms with van der Waals surface area (Å²) in [5.41, 5.74) is 0.305. The smallest absolute Gasteiger partial charge is 0.156 e. The largest absolute Gasteiger partial charge is 0.396 e. The highest BCUT2D eigenvalue weighted by Gasteiger charge is 2.07. The summed E-state index contributed by atoms with van der Waals surface area (Å²) in [5.74, 6) is 0.486. The molecule has 1 aromatic heterocycles. The fourth-order valence-corrected chi connectivity index (χ4v) is 1.77. The third kappa shape index (κ3) is 4.98. The van der Waals surface area contributed by atoms with Crippen molar-refractivity contribution in [2.24, 2.45) is 0 Å². The van der Waals surface area contributed by atoms with Crippen molar-refractivity contribution < 1.29 is 9.90 Å². The summed E-state index contributed by atoms with van der Waals surface area (Å²) in [7, 11) is 0. The average Bonchev–Trinajstić information content (AvgIpc) is 2.38. The van der Waals surface area contributed by atoms with Gasteiger partial charge in [-0.25, -0.2) is 9.97 Å². The quantitative estimate of drug-likeness (QED) is 0.409. The van der Waals surface area contributed by atoms with Gasteiger partial charge in [0, 0.05) is 13.2 Å². The SMILES string of the molecule is O=Cc1c(Cl)ncnc1NCCCCCCCO. The summed E-state index contributed by atoms with van der Waals surface area (Å²) in [6, 6.07) is 0. The van der Waals surface area contributed by atoms with E-state index in [1.165, 1.54) is 6.33 Å². The molecule has 0 amide bonds. The number of hydrogen-bond donors (Lipinski definition) is 2. The van der Waals surface area contributed by atoms with Crippen molar-refractivity contribution in [2.45, 2.75) is 32.1 Å². The Morgan fingerprint density at radius 2 is 1.94 bits per heavy atom. The van der Waals surface area contributed by atoms with E-state index < -0.39 is 0 Å². The van der Waals surface area contributed by atoms with Gasteiger partial charge in [0.05, 0.1) is 5.56 Å². The van der Waals surface area contributed by atoms with Gasteiger partial charge in [-0.05, 0) is 12.8 Å². The lowest BCUT2D eigenvalue weighted by Crippen LogP contribution is -2.07. The molecule has 0 aliphatic heterocycles. The van der Waals surface area contributed by atoms with Crippen LogP contribution in [0.1, 0.15) is 42.5 Å². The highest BCUT2D eigenvalue weighted by molar-refractivity contribution is 6.32. The van der Waals surface area contributed by atoms with Crippen molar-refractivity contribution in [3.8, 4) is 0 Å². The molecule has 0 saturated heterocycles. The van der Waals surface area contributed by atoms with Gasteiger partial charge in [-0.3, -0.25) is 4.79 Å². The van der Waals surface area contributed by atoms with E-state index >= 15 is 0 Å². The van der Waals surface area contributed by atoms with Gasteiger partial charge in [-0.15, -0.1) is 0 Å². The van der Waals surface area contributed by atoms with E-state index in [1.807, 2.05) is 0 Å². The molecule has 0 saturated carbocycles. The summed E-state index contributed by atoms with van der Waals surface area (Å²) in [4.78, 5) is 18.6. The summed E-state index contributed by atoms with van der Waals surface area (Å²) >= 11 is 5.78. The number of hydrogen-bond acceptors (Lipinski definition) is 5. The molecule has 18 heavy (non-hydrogen) atoms. The van der Waals surface area contributed by atoms with Crippen molar-refractivity contribution >= 4 is 23.7 Å². The van der Waals surface area contributed by atoms with E-state index in [4.69, 9.17) is 16.7 Å². The summed E-state index contributed by atoms with van der Waals surface area (Å²) in [6.07, 6.45) is 7.09. The van der Waals surface area contributed by atoms with E-state index in [-0.39, 0.29) is 11.8 Å². The molecule has 0 aliphatic carbocycles. The van der Waals surface area contributed by atoms with Gasteiger partial charge >= 0.3 is 0 Å². The Hall–Kier alpha value is -1.20. The third-order valence-electron chi connectivity index (χ3n) is 2.58. The number of carbonyl (C=O) groups excluding carboxylic acids is 1. The second kappa shape index (κ2) is 8.83. The number of aldehydes is 1. The Kier molecular flexibility index (Phi) is 7.29. The first-order valence-corrected chi connectivity index (χ1v) is 6.47. The highest BCUT2D eigenvalue weighted by atomic mass is 35.5. The normalized spacial score (nSPS) is 10.3. The number of rotatable bonds is 9. The first kappa shape index (κ1) is 14.9. The lowest BCUT2D eigenvalue weighted by atomic mass is 10.1. The third-order valence-corrected chi connectivity index (χ3v) is 2.88. The van der Waals surface area contributed by atoms with Crippen molar-refractivity contribution in [3.63, 3.8) is 0 Å². The number of anilines is 1. The Labute approximate surface area is 112 Å². The van der Waals surface area contributed by atoms with Crippen LogP contribution in [0.25, 0.3) is 0 Å². The number of aliphatic hydroxyl groups is 1. The molecule has 0 atom stereocenters. The van der Waals surface area contributed by atoms with Gasteiger partial charge in [0.1, 0.15) is 17.3 Å². The molecule has 5 nitrogen and oxygen atoms in total. The minimum absolute atomic E-state index is 0.172. The number of halogens is 1. The van der Waals surface area contributed by atoms with Crippen LogP contribution in [0.15, 0.2) is 6.33 Å². The Morgan fingerprint density at radius 3 is 2.67 bits per heavy atom. The number of aliphatic hydroxyl groups excluding tert-OH is 1. The maximum atomic E-state index is 10.8. The van der Waals surface area contributed by atoms with Gasteiger partial charge in [0.25, 0.3) is 0 Å². The van der Waals surface area contributed by atoms with Crippen molar-refractivity contribution in [1.82, 2.24) is 9.97 Å². The van der Waals surface area contributed by atoms with Crippen LogP contribution >= 0.6 is 11.6 Å². The first-order chi connectivity index (χ1) is 8.79. The molecular formula is C12H18ClN3O2. The number of nitrogens with one attached hydrogen (secondary N) is 1. The van der Waals surface area contributed by atoms with Crippen molar-refractivity contribution in [3.05, 3.63) is 17.0 Å². The molecule has 6 heteroatoms. The zero-order valence-corrected chi connectivity index (χ0v) is 11.0. The van der Waals surface area contributed by atoms with Gasteiger partial charge in [0.2, 0.25) is 0 Å². The van der Waals surface area contributed by atoms with Crippen LogP contribution in [-0.2, 0) is 0 Å². The summed E-state index contributed by atoms with van der Waals surface area (Å²) < 4.78 is 0. The standard InChI is InChI=1S/C12H18ClN3O2/c13-11-10(8-18)12(16-9-15-11)14-6-4-2-1-3-5-7-17/h8-9,17H,1-7H2,(H,14,15,16). The second-order valence-electron chi connectivity index (χ2n) is 3.96. The van der Waals surface area contributed by atoms with Crippen LogP contribution in [0.5, 0.6) is 0 Å². The topological polar surface area (TPSA) is 75.1 Å². The second-order valence-corrected chi connectivity index (χ2v) is 4.32. The molecule has 1 aromatic rings. The Balaban J connectivity index is 2.27. The average molecular weight is 272 g/mol. The number of unbranched alkanes of at least 4 members (excludes halogenated alkanes) is 4. The first-order valence-electron chi connectivity index (χ1n) is 6.10. The van der Waals surface area contributed by atoms with E-state index in [2.05, 4.69) is 15.3 Å². The van der Waals surface area contributed by atoms with Gasteiger partial charge in [-0.2, -0.15) is 0 Å². The van der Waals surface area contributed by atoms with E-state index in [9.17, 15) is 4.79 Å². The van der Waals surface area contributed by atoms with E-state index in [0.29, 0.717) is 17.7 Å². The molecule has 0 radical (unpaired) electrons. The molecule has 0 unspecified atom stereocenters. The lowest BCUT2D eigenvalue weighted by Gasteiger charge is -2.07. The van der Waals surface area contributed by atoms with Crippen LogP contribution in [0, 0.1) is 0 Å². The molecule has 1 rings (SSSR count). The minimum Gasteiger partial charge on any atom is -0.396 e. The van der Waals surface area contributed by atoms with Gasteiger partial charge in [0.15, 0.2) is 6.29 Å². The minimum atomic E-state index is 0.172. The van der Waals surface area contributed by atoms with Crippen LogP contribution < -0.4 is 5.32 Å². The van der Waals surface area contributed by atoms with Crippen LogP contribution in [0.2, 0.25) is 5.15 Å². The van der Waals surface area contributed by atoms with Crippen LogP contribution in [0.4, 0.5) is 5.82 Å². The van der Waals surface area contributed by atoms with E-state index in [1.54, 1.807) is 0 Å². The monoisotopic (exact) mass is 271 g/mol. The molecule has 0 aromatic carbocycles. The van der Waals surface area contributed by atoms with Crippen molar-refractivity contribution in [1.29, 1.82) is 0 Å². The van der Waals surface area contributed by atoms with E-state index in [0.717, 1.165) is 38.6 Å². The fraction of sp³-hybridized carbons (Fsp3) is 0.583. The summed E-state index contributed by atoms with van der Waals surface area (Å²) in [5, 5.41) is 11.9. The Morgan fingerprint density at radius 1 is 1.22 bits per heavy atom. The van der Waals surface area contributed by atoms with Gasteiger partial charge < -0.3 is 10.4 Å². The molecule has 100 valence electrons. The molecule has 1 heterocycles. The predicted molar refractivity (Wildman–Crippen MR) is 71.1 cm³/mol. The van der Waals surface area contributed by atoms with Crippen molar-refractivity contribution in [2.75, 3.05) is 18.5 Å². The number of carbonyl (C=O) groups is 1. The van der Waals surface area contributed by atoms with Crippen LogP contribution in [-0.4, -0.2) is 34.5 Å². The zero-order chi connectivity index (χ0) is 13.2. The Bertz CT molecular complexity index is 374. The maximum Gasteiger partial charge on any atom is 0.156 e. The summed E-state index contributed by atoms with van der Waals surface area (Å²) in [6.45, 7) is 1.01.